The van der Waals surface area contributed by atoms with E-state index in [4.69, 9.17) is 0 Å². The van der Waals surface area contributed by atoms with E-state index in [9.17, 15) is 4.79 Å². The van der Waals surface area contributed by atoms with Crippen LogP contribution < -0.4 is 0 Å². The highest BCUT2D eigenvalue weighted by atomic mass is 35.5. The van der Waals surface area contributed by atoms with Crippen LogP contribution in [0.3, 0.4) is 0 Å². The molecule has 2 fully saturated rings. The zero-order chi connectivity index (χ0) is 18.1. The highest BCUT2D eigenvalue weighted by Gasteiger charge is 2.30. The summed E-state index contributed by atoms with van der Waals surface area (Å²) in [7, 11) is 4.29. The summed E-state index contributed by atoms with van der Waals surface area (Å²) in [5.74, 6) is 0.615. The van der Waals surface area contributed by atoms with Gasteiger partial charge in [-0.3, -0.25) is 9.69 Å². The van der Waals surface area contributed by atoms with Gasteiger partial charge in [-0.25, -0.2) is 0 Å². The van der Waals surface area contributed by atoms with Gasteiger partial charge < -0.3 is 14.4 Å². The lowest BCUT2D eigenvalue weighted by molar-refractivity contribution is -0.138. The highest BCUT2D eigenvalue weighted by Crippen LogP contribution is 2.24. The van der Waals surface area contributed by atoms with Crippen LogP contribution in [0.25, 0.3) is 10.9 Å². The van der Waals surface area contributed by atoms with Crippen LogP contribution in [0.5, 0.6) is 0 Å². The number of fused-ring (bicyclic) bond motifs is 1. The number of carbonyl (C=O) groups is 1. The van der Waals surface area contributed by atoms with Crippen molar-refractivity contribution in [1.82, 2.24) is 19.3 Å². The second-order valence-electron chi connectivity index (χ2n) is 7.93. The smallest absolute Gasteiger partial charge is 0.225 e. The number of hydrogen-bond donors (Lipinski definition) is 0. The molecule has 0 N–H and O–H groups in total. The molecule has 0 radical (unpaired) electrons. The molecule has 7 heteroatoms. The minimum atomic E-state index is 0. The molecule has 1 amide bonds. The van der Waals surface area contributed by atoms with E-state index in [-0.39, 0.29) is 30.7 Å². The summed E-state index contributed by atoms with van der Waals surface area (Å²) < 4.78 is 2.30. The molecule has 3 heterocycles. The molecule has 1 aromatic heterocycles. The third kappa shape index (κ3) is 4.82. The fourth-order valence-electron chi connectivity index (χ4n) is 4.35. The minimum Gasteiger partial charge on any atom is -0.346 e. The first-order chi connectivity index (χ1) is 12.6. The zero-order valence-electron chi connectivity index (χ0n) is 16.8. The quantitative estimate of drug-likeness (QED) is 0.755. The molecule has 0 bridgehead atoms. The summed E-state index contributed by atoms with van der Waals surface area (Å²) in [5, 5.41) is 1.31. The van der Waals surface area contributed by atoms with Crippen molar-refractivity contribution in [2.45, 2.75) is 19.4 Å². The Kier molecular flexibility index (Phi) is 8.19. The van der Waals surface area contributed by atoms with Gasteiger partial charge in [-0.2, -0.15) is 0 Å². The summed E-state index contributed by atoms with van der Waals surface area (Å²) in [6.45, 7) is 6.81. The van der Waals surface area contributed by atoms with Gasteiger partial charge in [0.25, 0.3) is 0 Å². The van der Waals surface area contributed by atoms with Gasteiger partial charge in [0.15, 0.2) is 0 Å². The Morgan fingerprint density at radius 3 is 2.25 bits per heavy atom. The van der Waals surface area contributed by atoms with E-state index in [1.54, 1.807) is 0 Å². The topological polar surface area (TPSA) is 31.7 Å². The summed E-state index contributed by atoms with van der Waals surface area (Å²) in [6, 6.07) is 10.9. The molecule has 0 saturated carbocycles. The van der Waals surface area contributed by atoms with Crippen molar-refractivity contribution in [1.29, 1.82) is 0 Å². The molecule has 2 saturated heterocycles. The van der Waals surface area contributed by atoms with Crippen molar-refractivity contribution in [3.8, 4) is 0 Å². The van der Waals surface area contributed by atoms with Crippen molar-refractivity contribution < 1.29 is 4.79 Å². The number of carbonyl (C=O) groups excluding carboxylic acids is 1. The van der Waals surface area contributed by atoms with Gasteiger partial charge in [-0.1, -0.05) is 18.2 Å². The first kappa shape index (κ1) is 23.0. The number of piperazine rings is 1. The van der Waals surface area contributed by atoms with E-state index in [2.05, 4.69) is 63.7 Å². The molecular weight excluding hydrogens is 395 g/mol. The number of aryl methyl sites for hydroxylation is 1. The van der Waals surface area contributed by atoms with Crippen molar-refractivity contribution in [2.75, 3.05) is 46.3 Å². The first-order valence-electron chi connectivity index (χ1n) is 9.85. The summed E-state index contributed by atoms with van der Waals surface area (Å²) >= 11 is 0. The lowest BCUT2D eigenvalue weighted by Gasteiger charge is -2.37. The highest BCUT2D eigenvalue weighted by molar-refractivity contribution is 5.85. The van der Waals surface area contributed by atoms with E-state index < -0.39 is 0 Å². The van der Waals surface area contributed by atoms with Gasteiger partial charge in [0, 0.05) is 56.9 Å². The molecule has 0 spiro atoms. The van der Waals surface area contributed by atoms with Crippen molar-refractivity contribution in [2.24, 2.45) is 13.0 Å². The first-order valence-corrected chi connectivity index (χ1v) is 9.85. The molecule has 2 aliphatic heterocycles. The number of amides is 1. The van der Waals surface area contributed by atoms with Gasteiger partial charge in [0.1, 0.15) is 0 Å². The minimum absolute atomic E-state index is 0. The van der Waals surface area contributed by atoms with E-state index in [0.29, 0.717) is 5.91 Å². The standard InChI is InChI=1S/C21H30N4O.2ClH/c1-22-11-13-25(14-12-22)21(26)17-7-9-24(10-8-17)16-19-15-18-5-3-4-6-20(18)23(19)2;;/h3-6,15,17H,7-14,16H2,1-2H3;2*1H. The van der Waals surface area contributed by atoms with Crippen LogP contribution in [-0.2, 0) is 18.4 Å². The zero-order valence-corrected chi connectivity index (χ0v) is 18.5. The number of halogens is 2. The summed E-state index contributed by atoms with van der Waals surface area (Å²) in [4.78, 5) is 19.7. The second-order valence-corrected chi connectivity index (χ2v) is 7.93. The van der Waals surface area contributed by atoms with E-state index in [1.165, 1.54) is 16.6 Å². The molecule has 0 atom stereocenters. The molecule has 0 unspecified atom stereocenters. The molecule has 1 aromatic carbocycles. The Bertz CT molecular complexity index is 778. The van der Waals surface area contributed by atoms with Crippen LogP contribution >= 0.6 is 24.8 Å². The van der Waals surface area contributed by atoms with E-state index in [0.717, 1.165) is 58.7 Å². The molecule has 28 heavy (non-hydrogen) atoms. The van der Waals surface area contributed by atoms with Crippen LogP contribution in [0.4, 0.5) is 0 Å². The van der Waals surface area contributed by atoms with E-state index in [1.807, 2.05) is 0 Å². The molecular formula is C21H32Cl2N4O. The van der Waals surface area contributed by atoms with E-state index >= 15 is 0 Å². The predicted octanol–water partition coefficient (Wildman–Crippen LogP) is 3.01. The fraction of sp³-hybridized carbons (Fsp3) is 0.571. The Labute approximate surface area is 180 Å². The summed E-state index contributed by atoms with van der Waals surface area (Å²) in [5.41, 5.74) is 2.65. The maximum Gasteiger partial charge on any atom is 0.225 e. The van der Waals surface area contributed by atoms with Crippen LogP contribution in [0.15, 0.2) is 30.3 Å². The molecule has 4 rings (SSSR count). The summed E-state index contributed by atoms with van der Waals surface area (Å²) in [6.07, 6.45) is 1.99. The second kappa shape index (κ2) is 9.97. The number of nitrogens with zero attached hydrogens (tertiary/aromatic N) is 4. The van der Waals surface area contributed by atoms with Gasteiger partial charge in [-0.05, 0) is 50.5 Å². The molecule has 0 aliphatic carbocycles. The monoisotopic (exact) mass is 426 g/mol. The van der Waals surface area contributed by atoms with Gasteiger partial charge >= 0.3 is 0 Å². The number of benzene rings is 1. The number of likely N-dealkylation sites (N-methyl/N-ethyl adjacent to an activating group) is 1. The third-order valence-corrected chi connectivity index (χ3v) is 6.19. The lowest BCUT2D eigenvalue weighted by Crippen LogP contribution is -2.50. The van der Waals surface area contributed by atoms with Gasteiger partial charge in [0.2, 0.25) is 5.91 Å². The maximum absolute atomic E-state index is 12.8. The van der Waals surface area contributed by atoms with Crippen LogP contribution in [0.1, 0.15) is 18.5 Å². The maximum atomic E-state index is 12.8. The number of aromatic nitrogens is 1. The Morgan fingerprint density at radius 2 is 1.61 bits per heavy atom. The fourth-order valence-corrected chi connectivity index (χ4v) is 4.35. The van der Waals surface area contributed by atoms with Crippen LogP contribution in [0, 0.1) is 5.92 Å². The Balaban J connectivity index is 0.00000140. The molecule has 2 aliphatic rings. The lowest BCUT2D eigenvalue weighted by atomic mass is 9.95. The van der Waals surface area contributed by atoms with Gasteiger partial charge in [-0.15, -0.1) is 24.8 Å². The number of rotatable bonds is 3. The Morgan fingerprint density at radius 1 is 0.964 bits per heavy atom. The van der Waals surface area contributed by atoms with Crippen molar-refractivity contribution >= 4 is 41.6 Å². The number of hydrogen-bond acceptors (Lipinski definition) is 3. The number of likely N-dealkylation sites (tertiary alicyclic amines) is 1. The molecule has 5 nitrogen and oxygen atoms in total. The Hall–Kier alpha value is -1.27. The average molecular weight is 427 g/mol. The van der Waals surface area contributed by atoms with Crippen LogP contribution in [0.2, 0.25) is 0 Å². The van der Waals surface area contributed by atoms with Crippen LogP contribution in [-0.4, -0.2) is 71.5 Å². The largest absolute Gasteiger partial charge is 0.346 e. The number of para-hydroxylation sites is 1. The SMILES string of the molecule is CN1CCN(C(=O)C2CCN(Cc3cc4ccccc4n3C)CC2)CC1.Cl.Cl. The van der Waals surface area contributed by atoms with Crippen molar-refractivity contribution in [3.05, 3.63) is 36.0 Å². The molecule has 2 aromatic rings. The third-order valence-electron chi connectivity index (χ3n) is 6.19. The molecule has 156 valence electrons. The predicted molar refractivity (Wildman–Crippen MR) is 119 cm³/mol. The average Bonchev–Trinajstić information content (AvgIpc) is 2.98. The van der Waals surface area contributed by atoms with Gasteiger partial charge in [0.05, 0.1) is 0 Å². The normalized spacial score (nSPS) is 19.3. The number of piperidine rings is 1. The van der Waals surface area contributed by atoms with Crippen molar-refractivity contribution in [3.63, 3.8) is 0 Å².